The number of rotatable bonds is 12. The molecule has 24 nitrogen and oxygen atoms in total. The van der Waals surface area contributed by atoms with Gasteiger partial charge < -0.3 is 43.4 Å². The smallest absolute Gasteiger partial charge is 0.211 e. The van der Waals surface area contributed by atoms with Gasteiger partial charge in [0, 0.05) is 101 Å². The lowest BCUT2D eigenvalue weighted by Crippen LogP contribution is -2.42. The maximum atomic E-state index is 11.3. The molecule has 0 aromatic heterocycles. The molecular weight excluding hydrogens is 991 g/mol. The molecule has 7 aliphatic heterocycles. The zero-order valence-corrected chi connectivity index (χ0v) is 44.2. The molecule has 67 heavy (non-hydrogen) atoms. The van der Waals surface area contributed by atoms with Crippen LogP contribution in [0.2, 0.25) is 0 Å². The summed E-state index contributed by atoms with van der Waals surface area (Å²) in [6.45, 7) is 11.8. The molecule has 398 valence electrons. The highest BCUT2D eigenvalue weighted by atomic mass is 32.2. The van der Waals surface area contributed by atoms with Crippen LogP contribution in [0.5, 0.6) is 0 Å². The molecule has 7 aliphatic rings. The van der Waals surface area contributed by atoms with Gasteiger partial charge in [0.2, 0.25) is 50.1 Å². The standard InChI is InChI=1S/2C8H17NO4S.2C7H13NO4S.C7H13NO3S.CH4/c2*1-4-8(10)6-9(14(3,11)12)5-7(8)13-2;2*1-11-6-3-8(13(2,9)10)4-7(6)5-12-7;1-6-4-8(12(3,9)10)5-7(6)11-2;/h2*7,10H,4-6H2,1-3H3;2*6H,3-5H2,1-2H3;7H,1,4-5H2,2-3H3;1H4/t7-,8+;7-,8-;6-,7+;6-,7-;7-;/m00000./s1. The second-order valence-electron chi connectivity index (χ2n) is 17.7. The number of hydrogen-bond acceptors (Lipinski definition) is 19. The topological polar surface area (TPSA) is 299 Å². The highest BCUT2D eigenvalue weighted by Crippen LogP contribution is 2.40. The molecule has 7 saturated heterocycles. The van der Waals surface area contributed by atoms with E-state index in [4.69, 9.17) is 33.2 Å². The van der Waals surface area contributed by atoms with Crippen molar-refractivity contribution in [3.8, 4) is 0 Å². The molecule has 0 bridgehead atoms. The lowest BCUT2D eigenvalue weighted by atomic mass is 9.97. The van der Waals surface area contributed by atoms with E-state index in [0.29, 0.717) is 65.3 Å². The summed E-state index contributed by atoms with van der Waals surface area (Å²) in [7, 11) is -8.07. The number of methoxy groups -OCH3 is 5. The van der Waals surface area contributed by atoms with Crippen LogP contribution in [0.1, 0.15) is 34.1 Å². The molecule has 0 saturated carbocycles. The fourth-order valence-electron chi connectivity index (χ4n) is 8.08. The van der Waals surface area contributed by atoms with Crippen LogP contribution in [-0.4, -0.2) is 272 Å². The van der Waals surface area contributed by atoms with Crippen molar-refractivity contribution in [1.29, 1.82) is 0 Å². The van der Waals surface area contributed by atoms with E-state index in [0.717, 1.165) is 18.1 Å². The highest BCUT2D eigenvalue weighted by Gasteiger charge is 2.60. The van der Waals surface area contributed by atoms with E-state index in [1.807, 2.05) is 13.8 Å². The van der Waals surface area contributed by atoms with E-state index in [1.165, 1.54) is 54.5 Å². The van der Waals surface area contributed by atoms with E-state index < -0.39 is 73.5 Å². The maximum absolute atomic E-state index is 11.3. The summed E-state index contributed by atoms with van der Waals surface area (Å²) in [5, 5.41) is 20.1. The number of hydrogen-bond donors (Lipinski definition) is 2. The van der Waals surface area contributed by atoms with Gasteiger partial charge in [-0.25, -0.2) is 42.1 Å². The van der Waals surface area contributed by atoms with Gasteiger partial charge in [-0.15, -0.1) is 0 Å². The molecule has 0 radical (unpaired) electrons. The average Bonchev–Trinajstić information content (AvgIpc) is 3.84. The maximum Gasteiger partial charge on any atom is 0.211 e. The second kappa shape index (κ2) is 23.2. The molecule has 29 heteroatoms. The van der Waals surface area contributed by atoms with Gasteiger partial charge in [0.15, 0.2) is 0 Å². The van der Waals surface area contributed by atoms with Crippen LogP contribution < -0.4 is 0 Å². The summed E-state index contributed by atoms with van der Waals surface area (Å²) >= 11 is 0. The Bertz CT molecular complexity index is 2100. The van der Waals surface area contributed by atoms with Crippen molar-refractivity contribution < 1.29 is 85.5 Å². The number of nitrogens with zero attached hydrogens (tertiary/aromatic N) is 5. The zero-order chi connectivity index (χ0) is 50.7. The normalized spacial score (nSPS) is 34.9. The first-order chi connectivity index (χ1) is 30.1. The van der Waals surface area contributed by atoms with Crippen molar-refractivity contribution in [1.82, 2.24) is 21.5 Å². The average molecular weight is 1070 g/mol. The Morgan fingerprint density at radius 1 is 0.507 bits per heavy atom. The predicted octanol–water partition coefficient (Wildman–Crippen LogP) is -2.60. The molecule has 7 rings (SSSR count). The monoisotopic (exact) mass is 1070 g/mol. The van der Waals surface area contributed by atoms with Crippen LogP contribution in [0.25, 0.3) is 0 Å². The largest absolute Gasteiger partial charge is 0.386 e. The van der Waals surface area contributed by atoms with Gasteiger partial charge in [0.05, 0.1) is 50.6 Å². The number of aliphatic hydroxyl groups is 2. The molecule has 9 atom stereocenters. The van der Waals surface area contributed by atoms with Crippen molar-refractivity contribution in [3.63, 3.8) is 0 Å². The van der Waals surface area contributed by atoms with E-state index in [1.54, 1.807) is 21.3 Å². The van der Waals surface area contributed by atoms with E-state index in [9.17, 15) is 52.3 Å². The summed E-state index contributed by atoms with van der Waals surface area (Å²) in [6, 6.07) is 0. The number of ether oxygens (including phenoxy) is 7. The first-order valence-electron chi connectivity index (χ1n) is 20.9. The van der Waals surface area contributed by atoms with Gasteiger partial charge in [0.1, 0.15) is 46.8 Å². The molecule has 7 fully saturated rings. The zero-order valence-electron chi connectivity index (χ0n) is 40.1. The minimum atomic E-state index is -3.23. The molecular formula is C38H77N5O19S5. The van der Waals surface area contributed by atoms with Crippen LogP contribution in [0, 0.1) is 0 Å². The van der Waals surface area contributed by atoms with E-state index in [2.05, 4.69) is 6.58 Å². The Kier molecular flexibility index (Phi) is 21.5. The molecule has 0 amide bonds. The SMILES string of the molecule is C.C=C1CN(S(C)(=O)=O)C[C@@H]1OC.CC[C@@]1(O)CN(S(C)(=O)=O)C[C@@H]1OC.CC[C@]1(O)CN(S(C)(=O)=O)C[C@@H]1OC.CO[C@H]1CN(S(C)(=O)=O)C[C@@]12CO2.CO[C@H]1CN(S(C)(=O)=O)C[C@]12CO2. The third kappa shape index (κ3) is 16.0. The van der Waals surface area contributed by atoms with Crippen molar-refractivity contribution in [2.75, 3.05) is 145 Å². The predicted molar refractivity (Wildman–Crippen MR) is 250 cm³/mol. The van der Waals surface area contributed by atoms with Gasteiger partial charge in [0.25, 0.3) is 0 Å². The molecule has 2 spiro atoms. The van der Waals surface area contributed by atoms with Crippen LogP contribution in [0.15, 0.2) is 12.2 Å². The van der Waals surface area contributed by atoms with Crippen molar-refractivity contribution in [3.05, 3.63) is 12.2 Å². The second-order valence-corrected chi connectivity index (χ2v) is 27.6. The van der Waals surface area contributed by atoms with Gasteiger partial charge in [-0.1, -0.05) is 27.9 Å². The van der Waals surface area contributed by atoms with E-state index in [-0.39, 0.29) is 63.1 Å². The lowest BCUT2D eigenvalue weighted by molar-refractivity contribution is -0.0622. The Morgan fingerprint density at radius 3 is 0.940 bits per heavy atom. The fraction of sp³-hybridized carbons (Fsp3) is 0.947. The van der Waals surface area contributed by atoms with Gasteiger partial charge in [-0.05, 0) is 18.4 Å². The number of sulfonamides is 5. The molecule has 0 aromatic carbocycles. The van der Waals surface area contributed by atoms with Crippen molar-refractivity contribution in [2.24, 2.45) is 0 Å². The lowest BCUT2D eigenvalue weighted by Gasteiger charge is -2.26. The third-order valence-corrected chi connectivity index (χ3v) is 18.9. The summed E-state index contributed by atoms with van der Waals surface area (Å²) in [6.07, 6.45) is 5.64. The Morgan fingerprint density at radius 2 is 0.776 bits per heavy atom. The summed E-state index contributed by atoms with van der Waals surface area (Å²) in [5.41, 5.74) is -1.94. The molecule has 0 aromatic rings. The fourth-order valence-corrected chi connectivity index (χ4v) is 12.3. The van der Waals surface area contributed by atoms with Crippen LogP contribution >= 0.6 is 0 Å². The Balaban J connectivity index is 0.000000287. The minimum Gasteiger partial charge on any atom is -0.386 e. The van der Waals surface area contributed by atoms with E-state index >= 15 is 0 Å². The molecule has 2 N–H and O–H groups in total. The number of β-amino-alcohol motifs (C(OH)–C–C–N with tert-alkyl or cyclic N) is 2. The molecule has 7 heterocycles. The molecule has 0 aliphatic carbocycles. The third-order valence-electron chi connectivity index (χ3n) is 12.9. The van der Waals surface area contributed by atoms with Crippen LogP contribution in [-0.2, 0) is 83.3 Å². The van der Waals surface area contributed by atoms with Crippen LogP contribution in [0.4, 0.5) is 0 Å². The van der Waals surface area contributed by atoms with Gasteiger partial charge in [-0.3, -0.25) is 0 Å². The Hall–Kier alpha value is -1.07. The highest BCUT2D eigenvalue weighted by molar-refractivity contribution is 7.89. The first-order valence-corrected chi connectivity index (χ1v) is 30.1. The van der Waals surface area contributed by atoms with Crippen molar-refractivity contribution in [2.45, 2.75) is 87.0 Å². The summed E-state index contributed by atoms with van der Waals surface area (Å²) in [5.74, 6) is 0. The minimum absolute atomic E-state index is 0. The van der Waals surface area contributed by atoms with Crippen LogP contribution in [0.3, 0.4) is 0 Å². The summed E-state index contributed by atoms with van der Waals surface area (Å²) < 4.78 is 155. The van der Waals surface area contributed by atoms with Gasteiger partial charge in [-0.2, -0.15) is 21.5 Å². The Labute approximate surface area is 400 Å². The first kappa shape index (κ1) is 62.0. The van der Waals surface area contributed by atoms with Crippen molar-refractivity contribution >= 4 is 50.1 Å². The number of epoxide rings is 2. The van der Waals surface area contributed by atoms with Gasteiger partial charge >= 0.3 is 0 Å². The summed E-state index contributed by atoms with van der Waals surface area (Å²) in [4.78, 5) is 0. The molecule has 0 unspecified atom stereocenters. The quantitative estimate of drug-likeness (QED) is 0.150.